The first-order valence-corrected chi connectivity index (χ1v) is 9.75. The van der Waals surface area contributed by atoms with E-state index in [1.165, 1.54) is 0 Å². The molecule has 3 aromatic carbocycles. The first-order valence-electron chi connectivity index (χ1n) is 9.75. The Bertz CT molecular complexity index is 1230. The number of ether oxygens (including phenoxy) is 2. The molecule has 0 bridgehead atoms. The van der Waals surface area contributed by atoms with Crippen molar-refractivity contribution in [3.05, 3.63) is 72.0 Å². The molecular weight excluding hydrogens is 380 g/mol. The molecule has 0 aliphatic rings. The number of hydrogen-bond acceptors (Lipinski definition) is 5. The van der Waals surface area contributed by atoms with Crippen LogP contribution in [0.1, 0.15) is 29.5 Å². The second kappa shape index (κ2) is 8.69. The Hall–Kier alpha value is -3.80. The van der Waals surface area contributed by atoms with E-state index in [4.69, 9.17) is 13.9 Å². The molecule has 6 nitrogen and oxygen atoms in total. The van der Waals surface area contributed by atoms with Crippen LogP contribution >= 0.6 is 0 Å². The van der Waals surface area contributed by atoms with Gasteiger partial charge in [0.15, 0.2) is 17.3 Å². The van der Waals surface area contributed by atoms with E-state index in [2.05, 4.69) is 10.5 Å². The predicted molar refractivity (Wildman–Crippen MR) is 118 cm³/mol. The molecule has 0 aliphatic heterocycles. The number of fused-ring (bicyclic) bond motifs is 3. The third kappa shape index (κ3) is 3.98. The number of carbonyl (C=O) groups is 1. The van der Waals surface area contributed by atoms with Gasteiger partial charge in [0.1, 0.15) is 5.58 Å². The summed E-state index contributed by atoms with van der Waals surface area (Å²) in [6, 6.07) is 19.0. The molecule has 1 heterocycles. The number of amides is 1. The van der Waals surface area contributed by atoms with Crippen LogP contribution in [0.4, 0.5) is 0 Å². The highest BCUT2D eigenvalue weighted by atomic mass is 16.5. The Morgan fingerprint density at radius 2 is 1.93 bits per heavy atom. The van der Waals surface area contributed by atoms with E-state index in [1.807, 2.05) is 55.5 Å². The standard InChI is InChI=1S/C24H22N2O4/c1-3-12-29-21-10-8-16(13-22(21)28-2)15-25-26-24(27)23-14-19-18-7-5-4-6-17(18)9-11-20(19)30-23/h4-11,13-15H,3,12H2,1-2H3,(H,26,27)/b25-15+. The van der Waals surface area contributed by atoms with Gasteiger partial charge in [-0.1, -0.05) is 37.3 Å². The first-order chi connectivity index (χ1) is 14.7. The SMILES string of the molecule is CCCOc1ccc(/C=N/NC(=O)c2cc3c(ccc4ccccc43)o2)cc1OC. The van der Waals surface area contributed by atoms with Gasteiger partial charge in [-0.2, -0.15) is 5.10 Å². The van der Waals surface area contributed by atoms with Crippen LogP contribution in [0, 0.1) is 0 Å². The second-order valence-electron chi connectivity index (χ2n) is 6.77. The molecule has 0 unspecified atom stereocenters. The molecule has 152 valence electrons. The molecule has 4 aromatic rings. The molecular formula is C24H22N2O4. The van der Waals surface area contributed by atoms with Crippen LogP contribution in [0.2, 0.25) is 0 Å². The summed E-state index contributed by atoms with van der Waals surface area (Å²) in [7, 11) is 1.59. The van der Waals surface area contributed by atoms with Crippen molar-refractivity contribution in [2.45, 2.75) is 13.3 Å². The monoisotopic (exact) mass is 402 g/mol. The summed E-state index contributed by atoms with van der Waals surface area (Å²) in [5.74, 6) is 1.08. The number of carbonyl (C=O) groups excluding carboxylic acids is 1. The lowest BCUT2D eigenvalue weighted by Gasteiger charge is -2.10. The fraction of sp³-hybridized carbons (Fsp3) is 0.167. The molecule has 0 atom stereocenters. The van der Waals surface area contributed by atoms with E-state index in [0.29, 0.717) is 23.7 Å². The number of hydrogen-bond donors (Lipinski definition) is 1. The highest BCUT2D eigenvalue weighted by Crippen LogP contribution is 2.29. The molecule has 4 rings (SSSR count). The van der Waals surface area contributed by atoms with E-state index in [9.17, 15) is 4.79 Å². The minimum absolute atomic E-state index is 0.208. The molecule has 30 heavy (non-hydrogen) atoms. The maximum absolute atomic E-state index is 12.5. The number of benzene rings is 3. The molecule has 0 saturated carbocycles. The van der Waals surface area contributed by atoms with Crippen molar-refractivity contribution in [3.8, 4) is 11.5 Å². The lowest BCUT2D eigenvalue weighted by molar-refractivity contribution is 0.0929. The average Bonchev–Trinajstić information content (AvgIpc) is 3.23. The van der Waals surface area contributed by atoms with Crippen LogP contribution in [-0.4, -0.2) is 25.8 Å². The molecule has 1 N–H and O–H groups in total. The van der Waals surface area contributed by atoms with Crippen LogP contribution in [0.15, 0.2) is 70.2 Å². The zero-order valence-electron chi connectivity index (χ0n) is 16.8. The van der Waals surface area contributed by atoms with Crippen LogP contribution in [-0.2, 0) is 0 Å². The normalized spacial score (nSPS) is 11.3. The Morgan fingerprint density at radius 1 is 1.07 bits per heavy atom. The molecule has 0 fully saturated rings. The number of methoxy groups -OCH3 is 1. The predicted octanol–water partition coefficient (Wildman–Crippen LogP) is 5.15. The number of nitrogens with zero attached hydrogens (tertiary/aromatic N) is 1. The van der Waals surface area contributed by atoms with Gasteiger partial charge in [-0.25, -0.2) is 5.43 Å². The maximum atomic E-state index is 12.5. The Kier molecular flexibility index (Phi) is 5.66. The lowest BCUT2D eigenvalue weighted by Crippen LogP contribution is -2.16. The van der Waals surface area contributed by atoms with Gasteiger partial charge in [0.05, 0.1) is 19.9 Å². The van der Waals surface area contributed by atoms with Gasteiger partial charge in [0.2, 0.25) is 0 Å². The average molecular weight is 402 g/mol. The van der Waals surface area contributed by atoms with Crippen molar-refractivity contribution in [1.82, 2.24) is 5.43 Å². The quantitative estimate of drug-likeness (QED) is 0.343. The molecule has 1 aromatic heterocycles. The van der Waals surface area contributed by atoms with Crippen LogP contribution in [0.25, 0.3) is 21.7 Å². The fourth-order valence-electron chi connectivity index (χ4n) is 3.22. The fourth-order valence-corrected chi connectivity index (χ4v) is 3.22. The van der Waals surface area contributed by atoms with Gasteiger partial charge >= 0.3 is 5.91 Å². The highest BCUT2D eigenvalue weighted by molar-refractivity contribution is 6.08. The van der Waals surface area contributed by atoms with Crippen molar-refractivity contribution >= 4 is 33.9 Å². The summed E-state index contributed by atoms with van der Waals surface area (Å²) in [5.41, 5.74) is 3.94. The number of rotatable bonds is 7. The maximum Gasteiger partial charge on any atom is 0.307 e. The molecule has 0 radical (unpaired) electrons. The van der Waals surface area contributed by atoms with E-state index in [-0.39, 0.29) is 5.76 Å². The van der Waals surface area contributed by atoms with Crippen molar-refractivity contribution in [3.63, 3.8) is 0 Å². The van der Waals surface area contributed by atoms with Crippen molar-refractivity contribution < 1.29 is 18.7 Å². The third-order valence-corrected chi connectivity index (χ3v) is 4.68. The number of nitrogens with one attached hydrogen (secondary N) is 1. The first kappa shape index (κ1) is 19.5. The smallest absolute Gasteiger partial charge is 0.307 e. The summed E-state index contributed by atoms with van der Waals surface area (Å²) >= 11 is 0. The molecule has 0 aliphatic carbocycles. The van der Waals surface area contributed by atoms with Gasteiger partial charge in [-0.15, -0.1) is 0 Å². The summed E-state index contributed by atoms with van der Waals surface area (Å²) < 4.78 is 16.7. The topological polar surface area (TPSA) is 73.1 Å². The highest BCUT2D eigenvalue weighted by Gasteiger charge is 2.13. The van der Waals surface area contributed by atoms with Crippen LogP contribution in [0.5, 0.6) is 11.5 Å². The van der Waals surface area contributed by atoms with E-state index in [1.54, 1.807) is 25.5 Å². The van der Waals surface area contributed by atoms with Crippen molar-refractivity contribution in [2.75, 3.05) is 13.7 Å². The molecule has 6 heteroatoms. The van der Waals surface area contributed by atoms with E-state index in [0.717, 1.165) is 28.1 Å². The Labute approximate surface area is 174 Å². The Balaban J connectivity index is 1.49. The number of hydrazone groups is 1. The van der Waals surface area contributed by atoms with Gasteiger partial charge in [0, 0.05) is 5.39 Å². The summed E-state index contributed by atoms with van der Waals surface area (Å²) in [4.78, 5) is 12.5. The summed E-state index contributed by atoms with van der Waals surface area (Å²) in [6.45, 7) is 2.66. The number of furan rings is 1. The van der Waals surface area contributed by atoms with Crippen molar-refractivity contribution in [2.24, 2.45) is 5.10 Å². The van der Waals surface area contributed by atoms with Gasteiger partial charge in [-0.3, -0.25) is 4.79 Å². The minimum atomic E-state index is -0.415. The third-order valence-electron chi connectivity index (χ3n) is 4.68. The Morgan fingerprint density at radius 3 is 2.77 bits per heavy atom. The van der Waals surface area contributed by atoms with Crippen LogP contribution in [0.3, 0.4) is 0 Å². The second-order valence-corrected chi connectivity index (χ2v) is 6.77. The summed E-state index contributed by atoms with van der Waals surface area (Å²) in [5, 5.41) is 7.07. The zero-order valence-corrected chi connectivity index (χ0v) is 16.8. The minimum Gasteiger partial charge on any atom is -0.493 e. The van der Waals surface area contributed by atoms with Gasteiger partial charge in [0.25, 0.3) is 0 Å². The van der Waals surface area contributed by atoms with Crippen LogP contribution < -0.4 is 14.9 Å². The van der Waals surface area contributed by atoms with Gasteiger partial charge < -0.3 is 13.9 Å². The van der Waals surface area contributed by atoms with Crippen molar-refractivity contribution in [1.29, 1.82) is 0 Å². The molecule has 1 amide bonds. The lowest BCUT2D eigenvalue weighted by atomic mass is 10.1. The van der Waals surface area contributed by atoms with E-state index >= 15 is 0 Å². The largest absolute Gasteiger partial charge is 0.493 e. The van der Waals surface area contributed by atoms with E-state index < -0.39 is 5.91 Å². The molecule has 0 saturated heterocycles. The molecule has 0 spiro atoms. The van der Waals surface area contributed by atoms with Gasteiger partial charge in [-0.05, 0) is 53.1 Å². The zero-order chi connectivity index (χ0) is 20.9. The summed E-state index contributed by atoms with van der Waals surface area (Å²) in [6.07, 6.45) is 2.46.